The van der Waals surface area contributed by atoms with Gasteiger partial charge in [-0.05, 0) is 64.9 Å². The molecule has 1 aliphatic heterocycles. The monoisotopic (exact) mass is 607 g/mol. The van der Waals surface area contributed by atoms with E-state index in [0.29, 0.717) is 38.6 Å². The van der Waals surface area contributed by atoms with Gasteiger partial charge in [0.25, 0.3) is 0 Å². The van der Waals surface area contributed by atoms with Crippen molar-refractivity contribution in [2.45, 2.75) is 31.8 Å². The van der Waals surface area contributed by atoms with Crippen LogP contribution in [0, 0.1) is 11.3 Å². The van der Waals surface area contributed by atoms with Gasteiger partial charge in [-0.25, -0.2) is 0 Å². The highest BCUT2D eigenvalue weighted by Gasteiger charge is 2.44. The van der Waals surface area contributed by atoms with E-state index in [9.17, 15) is 5.26 Å². The fourth-order valence-corrected chi connectivity index (χ4v) is 7.05. The number of rotatable bonds is 10. The predicted octanol–water partition coefficient (Wildman–Crippen LogP) is 8.80. The summed E-state index contributed by atoms with van der Waals surface area (Å²) >= 11 is 0. The number of hydrogen-bond acceptors (Lipinski definition) is 5. The van der Waals surface area contributed by atoms with Crippen LogP contribution in [0.5, 0.6) is 11.5 Å². The SMILES string of the molecule is CCOCCOCCOc1ccc(C2(c3ccccc3)C=Cc3c4c(c5ccccc5c3O2)-c2ccc(C#N)cc2C4(C)C)cc1. The molecule has 5 heteroatoms. The van der Waals surface area contributed by atoms with Gasteiger partial charge in [-0.3, -0.25) is 0 Å². The molecule has 0 bridgehead atoms. The maximum Gasteiger partial charge on any atom is 0.178 e. The normalized spacial score (nSPS) is 17.1. The number of fused-ring (bicyclic) bond motifs is 8. The predicted molar refractivity (Wildman–Crippen MR) is 182 cm³/mol. The van der Waals surface area contributed by atoms with Crippen LogP contribution in [0.25, 0.3) is 28.0 Å². The smallest absolute Gasteiger partial charge is 0.178 e. The lowest BCUT2D eigenvalue weighted by molar-refractivity contribution is 0.0405. The topological polar surface area (TPSA) is 60.7 Å². The average Bonchev–Trinajstić information content (AvgIpc) is 3.34. The molecular formula is C41H37NO4. The van der Waals surface area contributed by atoms with Gasteiger partial charge in [-0.1, -0.05) is 92.7 Å². The maximum atomic E-state index is 9.70. The molecule has 1 atom stereocenters. The first-order valence-electron chi connectivity index (χ1n) is 15.9. The number of benzene rings is 5. The fourth-order valence-electron chi connectivity index (χ4n) is 7.05. The van der Waals surface area contributed by atoms with Gasteiger partial charge in [0.15, 0.2) is 5.60 Å². The van der Waals surface area contributed by atoms with Crippen molar-refractivity contribution in [1.29, 1.82) is 5.26 Å². The first-order chi connectivity index (χ1) is 22.5. The molecule has 0 N–H and O–H groups in total. The van der Waals surface area contributed by atoms with Gasteiger partial charge in [0, 0.05) is 34.1 Å². The zero-order chi connectivity index (χ0) is 31.7. The highest BCUT2D eigenvalue weighted by molar-refractivity contribution is 6.08. The quantitative estimate of drug-likeness (QED) is 0.149. The Morgan fingerprint density at radius 3 is 2.22 bits per heavy atom. The average molecular weight is 608 g/mol. The summed E-state index contributed by atoms with van der Waals surface area (Å²) in [4.78, 5) is 0. The third kappa shape index (κ3) is 4.95. The minimum Gasteiger partial charge on any atom is -0.491 e. The Kier molecular flexibility index (Phi) is 7.86. The van der Waals surface area contributed by atoms with Crippen LogP contribution >= 0.6 is 0 Å². The summed E-state index contributed by atoms with van der Waals surface area (Å²) in [5.41, 5.74) is 7.45. The van der Waals surface area contributed by atoms with Gasteiger partial charge in [0.2, 0.25) is 0 Å². The van der Waals surface area contributed by atoms with E-state index in [1.54, 1.807) is 0 Å². The van der Waals surface area contributed by atoms with Gasteiger partial charge in [-0.2, -0.15) is 5.26 Å². The Labute approximate surface area is 270 Å². The van der Waals surface area contributed by atoms with Gasteiger partial charge in [-0.15, -0.1) is 0 Å². The van der Waals surface area contributed by atoms with Crippen molar-refractivity contribution >= 4 is 16.8 Å². The molecule has 0 spiro atoms. The first-order valence-corrected chi connectivity index (χ1v) is 15.9. The molecule has 1 aliphatic carbocycles. The largest absolute Gasteiger partial charge is 0.491 e. The second-order valence-corrected chi connectivity index (χ2v) is 12.3. The second kappa shape index (κ2) is 12.1. The van der Waals surface area contributed by atoms with E-state index in [-0.39, 0.29) is 5.41 Å². The third-order valence-corrected chi connectivity index (χ3v) is 9.23. The van der Waals surface area contributed by atoms with E-state index < -0.39 is 5.60 Å². The summed E-state index contributed by atoms with van der Waals surface area (Å²) in [6.45, 7) is 9.29. The van der Waals surface area contributed by atoms with Crippen LogP contribution in [-0.2, 0) is 20.5 Å². The summed E-state index contributed by atoms with van der Waals surface area (Å²) in [5.74, 6) is 1.65. The summed E-state index contributed by atoms with van der Waals surface area (Å²) < 4.78 is 24.2. The van der Waals surface area contributed by atoms with Crippen molar-refractivity contribution in [2.24, 2.45) is 0 Å². The van der Waals surface area contributed by atoms with Crippen LogP contribution in [0.3, 0.4) is 0 Å². The van der Waals surface area contributed by atoms with E-state index >= 15 is 0 Å². The Bertz CT molecular complexity index is 1970. The van der Waals surface area contributed by atoms with Crippen LogP contribution in [0.15, 0.2) is 103 Å². The molecule has 0 saturated carbocycles. The third-order valence-electron chi connectivity index (χ3n) is 9.23. The lowest BCUT2D eigenvalue weighted by Crippen LogP contribution is -2.35. The molecule has 0 saturated heterocycles. The maximum absolute atomic E-state index is 9.70. The highest BCUT2D eigenvalue weighted by atomic mass is 16.5. The van der Waals surface area contributed by atoms with Crippen LogP contribution in [0.1, 0.15) is 54.2 Å². The molecule has 0 amide bonds. The van der Waals surface area contributed by atoms with Crippen LogP contribution in [-0.4, -0.2) is 33.0 Å². The van der Waals surface area contributed by atoms with Crippen molar-refractivity contribution in [3.8, 4) is 28.7 Å². The van der Waals surface area contributed by atoms with Crippen molar-refractivity contribution in [3.05, 3.63) is 137 Å². The molecule has 5 nitrogen and oxygen atoms in total. The van der Waals surface area contributed by atoms with Crippen molar-refractivity contribution in [1.82, 2.24) is 0 Å². The van der Waals surface area contributed by atoms with E-state index in [2.05, 4.69) is 105 Å². The van der Waals surface area contributed by atoms with E-state index in [4.69, 9.17) is 18.9 Å². The molecule has 5 aromatic rings. The summed E-state index contributed by atoms with van der Waals surface area (Å²) in [6, 6.07) is 35.5. The van der Waals surface area contributed by atoms with Gasteiger partial charge in [0.05, 0.1) is 31.5 Å². The molecule has 1 unspecified atom stereocenters. The van der Waals surface area contributed by atoms with Crippen LogP contribution in [0.2, 0.25) is 0 Å². The van der Waals surface area contributed by atoms with Crippen molar-refractivity contribution < 1.29 is 18.9 Å². The molecule has 0 radical (unpaired) electrons. The van der Waals surface area contributed by atoms with E-state index in [1.807, 2.05) is 31.2 Å². The van der Waals surface area contributed by atoms with Crippen LogP contribution in [0.4, 0.5) is 0 Å². The lowest BCUT2D eigenvalue weighted by Gasteiger charge is -2.38. The molecule has 0 fully saturated rings. The summed E-state index contributed by atoms with van der Waals surface area (Å²) in [6.07, 6.45) is 4.45. The molecular weight excluding hydrogens is 570 g/mol. The Hall–Kier alpha value is -4.89. The molecule has 5 aromatic carbocycles. The molecule has 46 heavy (non-hydrogen) atoms. The van der Waals surface area contributed by atoms with Crippen molar-refractivity contribution in [3.63, 3.8) is 0 Å². The number of nitriles is 1. The minimum atomic E-state index is -0.851. The number of ether oxygens (including phenoxy) is 4. The van der Waals surface area contributed by atoms with Gasteiger partial charge < -0.3 is 18.9 Å². The summed E-state index contributed by atoms with van der Waals surface area (Å²) in [7, 11) is 0. The second-order valence-electron chi connectivity index (χ2n) is 12.3. The number of nitrogens with zero attached hydrogens (tertiary/aromatic N) is 1. The fraction of sp³-hybridized carbons (Fsp3) is 0.244. The molecule has 7 rings (SSSR count). The Morgan fingerprint density at radius 2 is 1.46 bits per heavy atom. The zero-order valence-electron chi connectivity index (χ0n) is 26.5. The van der Waals surface area contributed by atoms with E-state index in [1.165, 1.54) is 22.3 Å². The molecule has 2 aliphatic rings. The van der Waals surface area contributed by atoms with Gasteiger partial charge in [0.1, 0.15) is 18.1 Å². The number of hydrogen-bond donors (Lipinski definition) is 0. The minimum absolute atomic E-state index is 0.322. The summed E-state index contributed by atoms with van der Waals surface area (Å²) in [5, 5.41) is 11.9. The Balaban J connectivity index is 1.30. The molecule has 1 heterocycles. The standard InChI is InChI=1S/C41H37NO4/c1-4-43-22-23-44-24-25-45-31-17-15-30(16-18-31)41(29-10-6-5-7-11-29)21-20-35-38-37(32-12-8-9-13-33(32)39(35)46-41)34-19-14-28(27-42)26-36(34)40(38,2)3/h5-21,26H,4,22-25H2,1-3H3. The highest BCUT2D eigenvalue weighted by Crippen LogP contribution is 2.58. The van der Waals surface area contributed by atoms with E-state index in [0.717, 1.165) is 39.0 Å². The molecule has 0 aromatic heterocycles. The zero-order valence-corrected chi connectivity index (χ0v) is 26.5. The van der Waals surface area contributed by atoms with Gasteiger partial charge >= 0.3 is 0 Å². The van der Waals surface area contributed by atoms with Crippen molar-refractivity contribution in [2.75, 3.05) is 33.0 Å². The Morgan fingerprint density at radius 1 is 0.761 bits per heavy atom. The van der Waals surface area contributed by atoms with Crippen LogP contribution < -0.4 is 9.47 Å². The molecule has 230 valence electrons. The first kappa shape index (κ1) is 29.8. The lowest BCUT2D eigenvalue weighted by atomic mass is 9.76.